The van der Waals surface area contributed by atoms with E-state index < -0.39 is 18.0 Å². The molecule has 10 nitrogen and oxygen atoms in total. The number of hydrogen-bond acceptors (Lipinski definition) is 6. The first kappa shape index (κ1) is 27.5. The van der Waals surface area contributed by atoms with Gasteiger partial charge in [-0.3, -0.25) is 14.4 Å². The third kappa shape index (κ3) is 7.97. The van der Waals surface area contributed by atoms with Gasteiger partial charge in [-0.1, -0.05) is 44.2 Å². The zero-order valence-electron chi connectivity index (χ0n) is 20.9. The highest BCUT2D eigenvalue weighted by molar-refractivity contribution is 5.99. The summed E-state index contributed by atoms with van der Waals surface area (Å²) in [6, 6.07) is 7.83. The summed E-state index contributed by atoms with van der Waals surface area (Å²) in [5.74, 6) is -0.761. The Labute approximate surface area is 212 Å². The van der Waals surface area contributed by atoms with Crippen LogP contribution in [0.2, 0.25) is 0 Å². The number of benzene rings is 1. The van der Waals surface area contributed by atoms with Gasteiger partial charge in [0.2, 0.25) is 23.2 Å². The number of aromatic nitrogens is 1. The molecule has 36 heavy (non-hydrogen) atoms. The second-order valence-corrected chi connectivity index (χ2v) is 9.53. The molecule has 0 aliphatic heterocycles. The van der Waals surface area contributed by atoms with E-state index in [2.05, 4.69) is 15.6 Å². The van der Waals surface area contributed by atoms with Gasteiger partial charge in [-0.25, -0.2) is 4.98 Å². The molecule has 3 rings (SSSR count). The van der Waals surface area contributed by atoms with Gasteiger partial charge >= 0.3 is 0 Å². The third-order valence-corrected chi connectivity index (χ3v) is 6.73. The number of anilines is 1. The van der Waals surface area contributed by atoms with E-state index in [9.17, 15) is 14.4 Å². The van der Waals surface area contributed by atoms with Crippen molar-refractivity contribution in [2.45, 2.75) is 57.0 Å². The lowest BCUT2D eigenvalue weighted by Gasteiger charge is -2.28. The van der Waals surface area contributed by atoms with Crippen LogP contribution in [0.25, 0.3) is 10.9 Å². The highest BCUT2D eigenvalue weighted by Crippen LogP contribution is 2.28. The van der Waals surface area contributed by atoms with Crippen molar-refractivity contribution in [3.63, 3.8) is 0 Å². The van der Waals surface area contributed by atoms with E-state index in [1.807, 2.05) is 30.3 Å². The zero-order chi connectivity index (χ0) is 25.9. The summed E-state index contributed by atoms with van der Waals surface area (Å²) in [7, 11) is 0. The molecule has 0 spiro atoms. The molecule has 0 bridgehead atoms. The summed E-state index contributed by atoms with van der Waals surface area (Å²) in [6.45, 7) is 1.28. The van der Waals surface area contributed by atoms with Gasteiger partial charge in [0.15, 0.2) is 6.20 Å². The lowest BCUT2D eigenvalue weighted by atomic mass is 9.84. The van der Waals surface area contributed by atoms with Crippen LogP contribution in [0.15, 0.2) is 36.5 Å². The first-order valence-corrected chi connectivity index (χ1v) is 12.9. The van der Waals surface area contributed by atoms with E-state index in [1.165, 1.54) is 11.3 Å². The standard InChI is InChI=1S/C26H39N7O3/c27-10-12-33(13-11-28)24(34)16-21(29)25(35)32-23(14-18-6-2-1-3-7-18)26(36)31-20-15-19-8-4-5-9-22(19)30-17-20/h4-5,8-9,15,17-18,21,23H,1-3,6-7,10-14,16,27-29H2,(H,31,36)(H,32,35)/p+1/t21-,23-/m0/s1. The van der Waals surface area contributed by atoms with Crippen LogP contribution in [0.5, 0.6) is 0 Å². The number of carbonyl (C=O) groups is 3. The molecule has 2 aromatic rings. The van der Waals surface area contributed by atoms with E-state index in [-0.39, 0.29) is 18.2 Å². The lowest BCUT2D eigenvalue weighted by Crippen LogP contribution is -2.52. The Hall–Kier alpha value is -3.08. The molecule has 0 unspecified atom stereocenters. The highest BCUT2D eigenvalue weighted by Gasteiger charge is 2.29. The molecule has 9 N–H and O–H groups in total. The number of hydrogen-bond donors (Lipinski definition) is 5. The van der Waals surface area contributed by atoms with Crippen LogP contribution in [0, 0.1) is 5.92 Å². The van der Waals surface area contributed by atoms with E-state index >= 15 is 0 Å². The number of amides is 3. The number of carbonyl (C=O) groups excluding carboxylic acids is 3. The molecule has 196 valence electrons. The molecule has 1 saturated carbocycles. The van der Waals surface area contributed by atoms with Crippen molar-refractivity contribution >= 4 is 34.3 Å². The Balaban J connectivity index is 1.67. The number of aromatic amines is 1. The van der Waals surface area contributed by atoms with Crippen molar-refractivity contribution in [3.8, 4) is 0 Å². The van der Waals surface area contributed by atoms with Crippen molar-refractivity contribution in [1.82, 2.24) is 10.2 Å². The van der Waals surface area contributed by atoms with Crippen LogP contribution >= 0.6 is 0 Å². The number of nitrogens with two attached hydrogens (primary N) is 3. The Bertz CT molecular complexity index is 1020. The number of fused-ring (bicyclic) bond motifs is 1. The maximum absolute atomic E-state index is 13.3. The maximum atomic E-state index is 13.3. The van der Waals surface area contributed by atoms with Gasteiger partial charge in [-0.05, 0) is 24.5 Å². The van der Waals surface area contributed by atoms with Crippen LogP contribution < -0.4 is 32.8 Å². The second-order valence-electron chi connectivity index (χ2n) is 9.53. The molecule has 1 aromatic carbocycles. The van der Waals surface area contributed by atoms with E-state index in [0.29, 0.717) is 44.2 Å². The third-order valence-electron chi connectivity index (χ3n) is 6.73. The topological polar surface area (TPSA) is 171 Å². The van der Waals surface area contributed by atoms with Crippen molar-refractivity contribution < 1.29 is 19.4 Å². The molecule has 1 aliphatic rings. The van der Waals surface area contributed by atoms with Crippen molar-refractivity contribution in [2.75, 3.05) is 31.5 Å². The monoisotopic (exact) mass is 498 g/mol. The molecule has 0 saturated heterocycles. The molecule has 0 radical (unpaired) electrons. The molecule has 3 amide bonds. The average molecular weight is 499 g/mol. The molecule has 10 heteroatoms. The van der Waals surface area contributed by atoms with Gasteiger partial charge in [0, 0.05) is 37.6 Å². The van der Waals surface area contributed by atoms with Gasteiger partial charge in [-0.15, -0.1) is 0 Å². The summed E-state index contributed by atoms with van der Waals surface area (Å²) in [4.78, 5) is 43.5. The predicted octanol–water partition coefficient (Wildman–Crippen LogP) is 0.511. The summed E-state index contributed by atoms with van der Waals surface area (Å²) >= 11 is 0. The quantitative estimate of drug-likeness (QED) is 0.285. The van der Waals surface area contributed by atoms with Crippen molar-refractivity contribution in [3.05, 3.63) is 36.5 Å². The second kappa shape index (κ2) is 13.9. The number of rotatable bonds is 12. The van der Waals surface area contributed by atoms with E-state index in [0.717, 1.165) is 36.6 Å². The molecule has 1 aromatic heterocycles. The first-order chi connectivity index (χ1) is 17.4. The minimum absolute atomic E-state index is 0.177. The Morgan fingerprint density at radius 3 is 2.42 bits per heavy atom. The number of nitrogens with one attached hydrogen (secondary N) is 3. The minimum atomic E-state index is -1.08. The zero-order valence-corrected chi connectivity index (χ0v) is 20.9. The van der Waals surface area contributed by atoms with Gasteiger partial charge < -0.3 is 32.7 Å². The Morgan fingerprint density at radius 1 is 1.03 bits per heavy atom. The maximum Gasteiger partial charge on any atom is 0.247 e. The largest absolute Gasteiger partial charge is 0.343 e. The van der Waals surface area contributed by atoms with Crippen LogP contribution in [-0.4, -0.2) is 60.9 Å². The average Bonchev–Trinajstić information content (AvgIpc) is 2.88. The van der Waals surface area contributed by atoms with Crippen LogP contribution in [0.4, 0.5) is 5.69 Å². The van der Waals surface area contributed by atoms with E-state index in [1.54, 1.807) is 6.20 Å². The number of para-hydroxylation sites is 1. The predicted molar refractivity (Wildman–Crippen MR) is 140 cm³/mol. The van der Waals surface area contributed by atoms with E-state index in [4.69, 9.17) is 17.2 Å². The Morgan fingerprint density at radius 2 is 1.72 bits per heavy atom. The molecular formula is C26H40N7O3+. The fraction of sp³-hybridized carbons (Fsp3) is 0.538. The highest BCUT2D eigenvalue weighted by atomic mass is 16.2. The van der Waals surface area contributed by atoms with Crippen molar-refractivity contribution in [1.29, 1.82) is 0 Å². The van der Waals surface area contributed by atoms with Crippen LogP contribution in [-0.2, 0) is 14.4 Å². The summed E-state index contributed by atoms with van der Waals surface area (Å²) in [5, 5.41) is 6.72. The lowest BCUT2D eigenvalue weighted by molar-refractivity contribution is -0.343. The normalized spacial score (nSPS) is 15.8. The molecule has 1 aliphatic carbocycles. The van der Waals surface area contributed by atoms with Gasteiger partial charge in [0.1, 0.15) is 11.7 Å². The molecule has 1 fully saturated rings. The number of pyridine rings is 1. The molecule has 2 atom stereocenters. The fourth-order valence-corrected chi connectivity index (χ4v) is 4.77. The minimum Gasteiger partial charge on any atom is -0.343 e. The van der Waals surface area contributed by atoms with Crippen LogP contribution in [0.3, 0.4) is 0 Å². The summed E-state index contributed by atoms with van der Waals surface area (Å²) in [5.41, 5.74) is 18.8. The van der Waals surface area contributed by atoms with Gasteiger partial charge in [-0.2, -0.15) is 0 Å². The summed E-state index contributed by atoms with van der Waals surface area (Å²) < 4.78 is 0. The van der Waals surface area contributed by atoms with Gasteiger partial charge in [0.25, 0.3) is 0 Å². The van der Waals surface area contributed by atoms with Crippen LogP contribution in [0.1, 0.15) is 44.9 Å². The van der Waals surface area contributed by atoms with Crippen molar-refractivity contribution in [2.24, 2.45) is 23.1 Å². The fourth-order valence-electron chi connectivity index (χ4n) is 4.77. The van der Waals surface area contributed by atoms with Gasteiger partial charge in [0.05, 0.1) is 12.5 Å². The number of nitrogens with zero attached hydrogens (tertiary/aromatic N) is 1. The smallest absolute Gasteiger partial charge is 0.247 e. The molecule has 1 heterocycles. The SMILES string of the molecule is NCCN(CCN)C(=O)C[C@H](N)C(=O)N[C@@H](CC1CCCCC1)C(=O)Nc1c[nH+]c2ccccc2c1. The Kier molecular flexibility index (Phi) is 10.6. The molecular weight excluding hydrogens is 458 g/mol. The first-order valence-electron chi connectivity index (χ1n) is 12.9. The number of H-pyrrole nitrogens is 1. The summed E-state index contributed by atoms with van der Waals surface area (Å²) in [6.07, 6.45) is 7.58.